The van der Waals surface area contributed by atoms with Crippen LogP contribution in [0.4, 0.5) is 5.69 Å². The van der Waals surface area contributed by atoms with E-state index in [1.807, 2.05) is 19.1 Å². The standard InChI is InChI=1S/C19H26N2O2/c1-2-17(22)12-5-4-8-16(11-12)21-19(23)15-9-13-6-3-7-14(10-15)18(13)20/h4-5,8,11,13-15,18H,2-3,6-7,9-10,20H2,1H3,(H,21,23). The normalized spacial score (nSPS) is 29.8. The van der Waals surface area contributed by atoms with Crippen LogP contribution in [0.1, 0.15) is 55.8 Å². The molecule has 3 N–H and O–H groups in total. The molecule has 0 spiro atoms. The molecule has 0 heterocycles. The molecule has 2 fully saturated rings. The van der Waals surface area contributed by atoms with Gasteiger partial charge in [-0.15, -0.1) is 0 Å². The highest BCUT2D eigenvalue weighted by atomic mass is 16.2. The number of nitrogens with two attached hydrogens (primary N) is 1. The van der Waals surface area contributed by atoms with Crippen molar-refractivity contribution >= 4 is 17.4 Å². The van der Waals surface area contributed by atoms with E-state index in [2.05, 4.69) is 5.32 Å². The number of nitrogens with one attached hydrogen (secondary N) is 1. The monoisotopic (exact) mass is 314 g/mol. The lowest BCUT2D eigenvalue weighted by Gasteiger charge is -2.43. The summed E-state index contributed by atoms with van der Waals surface area (Å²) in [6.45, 7) is 1.84. The first-order valence-corrected chi connectivity index (χ1v) is 8.78. The fourth-order valence-electron chi connectivity index (χ4n) is 4.22. The number of carbonyl (C=O) groups is 2. The minimum Gasteiger partial charge on any atom is -0.327 e. The van der Waals surface area contributed by atoms with Gasteiger partial charge in [0.2, 0.25) is 5.91 Å². The predicted molar refractivity (Wildman–Crippen MR) is 91.2 cm³/mol. The Morgan fingerprint density at radius 1 is 1.22 bits per heavy atom. The van der Waals surface area contributed by atoms with Crippen LogP contribution in [0.3, 0.4) is 0 Å². The van der Waals surface area contributed by atoms with E-state index in [1.54, 1.807) is 12.1 Å². The first-order chi connectivity index (χ1) is 11.1. The number of fused-ring (bicyclic) bond motifs is 2. The van der Waals surface area contributed by atoms with Crippen LogP contribution in [-0.4, -0.2) is 17.7 Å². The second kappa shape index (κ2) is 6.83. The van der Waals surface area contributed by atoms with Crippen molar-refractivity contribution in [2.75, 3.05) is 5.32 Å². The number of anilines is 1. The van der Waals surface area contributed by atoms with Crippen molar-refractivity contribution in [3.63, 3.8) is 0 Å². The molecule has 0 radical (unpaired) electrons. The number of benzene rings is 1. The first kappa shape index (κ1) is 16.2. The number of rotatable bonds is 4. The van der Waals surface area contributed by atoms with E-state index in [4.69, 9.17) is 5.73 Å². The molecule has 23 heavy (non-hydrogen) atoms. The smallest absolute Gasteiger partial charge is 0.227 e. The van der Waals surface area contributed by atoms with Gasteiger partial charge in [-0.1, -0.05) is 25.5 Å². The molecule has 2 unspecified atom stereocenters. The van der Waals surface area contributed by atoms with E-state index in [1.165, 1.54) is 6.42 Å². The Bertz CT molecular complexity index is 585. The minimum absolute atomic E-state index is 0.0515. The van der Waals surface area contributed by atoms with Crippen LogP contribution < -0.4 is 11.1 Å². The number of carbonyl (C=O) groups excluding carboxylic acids is 2. The number of hydrogen-bond acceptors (Lipinski definition) is 3. The van der Waals surface area contributed by atoms with Crippen molar-refractivity contribution in [2.24, 2.45) is 23.5 Å². The molecule has 1 amide bonds. The number of Topliss-reactive ketones (excluding diaryl/α,β-unsaturated/α-hetero) is 1. The lowest BCUT2D eigenvalue weighted by atomic mass is 9.65. The maximum absolute atomic E-state index is 12.6. The van der Waals surface area contributed by atoms with Gasteiger partial charge in [0.15, 0.2) is 5.78 Å². The van der Waals surface area contributed by atoms with Crippen molar-refractivity contribution < 1.29 is 9.59 Å². The summed E-state index contributed by atoms with van der Waals surface area (Å²) in [5.74, 6) is 1.21. The Balaban J connectivity index is 1.66. The number of ketones is 1. The van der Waals surface area contributed by atoms with E-state index in [0.29, 0.717) is 29.5 Å². The zero-order valence-electron chi connectivity index (χ0n) is 13.8. The minimum atomic E-state index is 0.0515. The van der Waals surface area contributed by atoms with E-state index >= 15 is 0 Å². The lowest BCUT2D eigenvalue weighted by Crippen LogP contribution is -2.48. The van der Waals surface area contributed by atoms with Gasteiger partial charge in [0.1, 0.15) is 0 Å². The van der Waals surface area contributed by atoms with Gasteiger partial charge in [0.05, 0.1) is 0 Å². The van der Waals surface area contributed by atoms with Crippen LogP contribution in [0.5, 0.6) is 0 Å². The fourth-order valence-corrected chi connectivity index (χ4v) is 4.22. The highest BCUT2D eigenvalue weighted by Gasteiger charge is 2.40. The van der Waals surface area contributed by atoms with Crippen LogP contribution in [0.15, 0.2) is 24.3 Å². The molecule has 4 nitrogen and oxygen atoms in total. The SMILES string of the molecule is CCC(=O)c1cccc(NC(=O)C2CC3CCCC(C2)C3N)c1. The highest BCUT2D eigenvalue weighted by Crippen LogP contribution is 2.42. The molecular weight excluding hydrogens is 288 g/mol. The summed E-state index contributed by atoms with van der Waals surface area (Å²) < 4.78 is 0. The lowest BCUT2D eigenvalue weighted by molar-refractivity contribution is -0.122. The van der Waals surface area contributed by atoms with Gasteiger partial charge in [-0.05, 0) is 49.7 Å². The average Bonchev–Trinajstić information content (AvgIpc) is 2.54. The third-order valence-electron chi connectivity index (χ3n) is 5.56. The largest absolute Gasteiger partial charge is 0.327 e. The Labute approximate surface area is 137 Å². The summed E-state index contributed by atoms with van der Waals surface area (Å²) in [6, 6.07) is 7.52. The summed E-state index contributed by atoms with van der Waals surface area (Å²) in [7, 11) is 0. The van der Waals surface area contributed by atoms with Crippen LogP contribution in [-0.2, 0) is 4.79 Å². The molecule has 3 rings (SSSR count). The van der Waals surface area contributed by atoms with Crippen molar-refractivity contribution in [1.82, 2.24) is 0 Å². The average molecular weight is 314 g/mol. The molecule has 2 bridgehead atoms. The zero-order chi connectivity index (χ0) is 16.4. The number of hydrogen-bond donors (Lipinski definition) is 2. The van der Waals surface area contributed by atoms with E-state index in [0.717, 1.165) is 25.7 Å². The van der Waals surface area contributed by atoms with E-state index < -0.39 is 0 Å². The van der Waals surface area contributed by atoms with Crippen LogP contribution >= 0.6 is 0 Å². The van der Waals surface area contributed by atoms with E-state index in [-0.39, 0.29) is 23.7 Å². The zero-order valence-corrected chi connectivity index (χ0v) is 13.8. The Morgan fingerprint density at radius 3 is 2.57 bits per heavy atom. The summed E-state index contributed by atoms with van der Waals surface area (Å²) >= 11 is 0. The molecule has 0 saturated heterocycles. The topological polar surface area (TPSA) is 72.2 Å². The molecule has 124 valence electrons. The van der Waals surface area contributed by atoms with Crippen molar-refractivity contribution in [1.29, 1.82) is 0 Å². The summed E-state index contributed by atoms with van der Waals surface area (Å²) in [6.07, 6.45) is 5.83. The molecule has 0 aliphatic heterocycles. The summed E-state index contributed by atoms with van der Waals surface area (Å²) in [4.78, 5) is 24.4. The van der Waals surface area contributed by atoms with Gasteiger partial charge >= 0.3 is 0 Å². The third kappa shape index (κ3) is 3.47. The molecule has 2 saturated carbocycles. The summed E-state index contributed by atoms with van der Waals surface area (Å²) in [5.41, 5.74) is 7.68. The molecule has 2 atom stereocenters. The molecule has 1 aromatic rings. The van der Waals surface area contributed by atoms with Gasteiger partial charge in [-0.3, -0.25) is 9.59 Å². The predicted octanol–water partition coefficient (Wildman–Crippen LogP) is 3.37. The first-order valence-electron chi connectivity index (χ1n) is 8.78. The molecule has 2 aliphatic carbocycles. The van der Waals surface area contributed by atoms with Gasteiger partial charge < -0.3 is 11.1 Å². The van der Waals surface area contributed by atoms with Crippen molar-refractivity contribution in [2.45, 2.75) is 51.5 Å². The highest BCUT2D eigenvalue weighted by molar-refractivity contribution is 5.98. The van der Waals surface area contributed by atoms with Gasteiger partial charge in [0, 0.05) is 29.6 Å². The number of amides is 1. The Hall–Kier alpha value is -1.68. The fraction of sp³-hybridized carbons (Fsp3) is 0.579. The van der Waals surface area contributed by atoms with Gasteiger partial charge in [-0.25, -0.2) is 0 Å². The van der Waals surface area contributed by atoms with Gasteiger partial charge in [0.25, 0.3) is 0 Å². The Kier molecular flexibility index (Phi) is 4.81. The van der Waals surface area contributed by atoms with E-state index in [9.17, 15) is 9.59 Å². The van der Waals surface area contributed by atoms with Crippen LogP contribution in [0.25, 0.3) is 0 Å². The van der Waals surface area contributed by atoms with Crippen LogP contribution in [0, 0.1) is 17.8 Å². The van der Waals surface area contributed by atoms with Crippen LogP contribution in [0.2, 0.25) is 0 Å². The second-order valence-electron chi connectivity index (χ2n) is 7.04. The van der Waals surface area contributed by atoms with Crippen molar-refractivity contribution in [3.05, 3.63) is 29.8 Å². The molecule has 4 heteroatoms. The Morgan fingerprint density at radius 2 is 1.91 bits per heavy atom. The van der Waals surface area contributed by atoms with Crippen molar-refractivity contribution in [3.8, 4) is 0 Å². The molecule has 1 aromatic carbocycles. The molecule has 2 aliphatic rings. The maximum atomic E-state index is 12.6. The summed E-state index contributed by atoms with van der Waals surface area (Å²) in [5, 5.41) is 3.00. The molecular formula is C19H26N2O2. The maximum Gasteiger partial charge on any atom is 0.227 e. The quantitative estimate of drug-likeness (QED) is 0.837. The third-order valence-corrected chi connectivity index (χ3v) is 5.56. The molecule has 0 aromatic heterocycles. The van der Waals surface area contributed by atoms with Gasteiger partial charge in [-0.2, -0.15) is 0 Å². The second-order valence-corrected chi connectivity index (χ2v) is 7.04.